The fourth-order valence-electron chi connectivity index (χ4n) is 1.95. The van der Waals surface area contributed by atoms with Gasteiger partial charge in [0.05, 0.1) is 17.4 Å². The number of rotatable bonds is 4. The second-order valence-corrected chi connectivity index (χ2v) is 4.19. The van der Waals surface area contributed by atoms with Crippen molar-refractivity contribution in [3.05, 3.63) is 47.3 Å². The van der Waals surface area contributed by atoms with E-state index in [4.69, 9.17) is 5.84 Å². The maximum atomic E-state index is 13.7. The van der Waals surface area contributed by atoms with Crippen LogP contribution in [0, 0.1) is 12.7 Å². The number of nitrogens with zero attached hydrogens (tertiary/aromatic N) is 3. The van der Waals surface area contributed by atoms with Crippen molar-refractivity contribution in [2.24, 2.45) is 12.9 Å². The zero-order chi connectivity index (χ0) is 13.1. The van der Waals surface area contributed by atoms with Gasteiger partial charge in [-0.15, -0.1) is 0 Å². The molecule has 3 N–H and O–H groups in total. The molecular formula is C12H16FN5. The Morgan fingerprint density at radius 1 is 1.56 bits per heavy atom. The van der Waals surface area contributed by atoms with Crippen LogP contribution >= 0.6 is 0 Å². The Labute approximate surface area is 105 Å². The third kappa shape index (κ3) is 2.55. The van der Waals surface area contributed by atoms with Crippen LogP contribution in [-0.4, -0.2) is 14.8 Å². The van der Waals surface area contributed by atoms with Gasteiger partial charge in [0.25, 0.3) is 0 Å². The van der Waals surface area contributed by atoms with Crippen LogP contribution in [-0.2, 0) is 13.5 Å². The Balaban J connectivity index is 2.25. The Morgan fingerprint density at radius 3 is 2.89 bits per heavy atom. The van der Waals surface area contributed by atoms with Crippen molar-refractivity contribution in [1.82, 2.24) is 20.2 Å². The third-order valence-corrected chi connectivity index (χ3v) is 2.83. The maximum absolute atomic E-state index is 13.7. The fourth-order valence-corrected chi connectivity index (χ4v) is 1.95. The first kappa shape index (κ1) is 12.7. The molecule has 0 fully saturated rings. The van der Waals surface area contributed by atoms with E-state index in [0.717, 1.165) is 11.4 Å². The smallest absolute Gasteiger partial charge is 0.146 e. The van der Waals surface area contributed by atoms with E-state index in [-0.39, 0.29) is 11.9 Å². The number of nitrogens with one attached hydrogen (secondary N) is 1. The van der Waals surface area contributed by atoms with Gasteiger partial charge in [-0.1, -0.05) is 0 Å². The summed E-state index contributed by atoms with van der Waals surface area (Å²) in [6, 6.07) is 4.51. The summed E-state index contributed by atoms with van der Waals surface area (Å²) < 4.78 is 15.4. The van der Waals surface area contributed by atoms with E-state index in [1.165, 1.54) is 6.07 Å². The van der Waals surface area contributed by atoms with Crippen LogP contribution in [0.5, 0.6) is 0 Å². The van der Waals surface area contributed by atoms with Crippen molar-refractivity contribution < 1.29 is 4.39 Å². The molecule has 6 heteroatoms. The molecule has 96 valence electrons. The van der Waals surface area contributed by atoms with Gasteiger partial charge in [-0.25, -0.2) is 4.39 Å². The van der Waals surface area contributed by atoms with Gasteiger partial charge in [0.15, 0.2) is 0 Å². The maximum Gasteiger partial charge on any atom is 0.146 e. The lowest BCUT2D eigenvalue weighted by atomic mass is 10.1. The molecule has 1 atom stereocenters. The molecule has 2 heterocycles. The molecule has 0 saturated carbocycles. The molecule has 0 radical (unpaired) electrons. The molecule has 2 rings (SSSR count). The standard InChI is InChI=1S/C12H16FN5/c1-8-6-9(18(2)17-8)7-11(16-14)12-10(13)4-3-5-15-12/h3-6,11,16H,7,14H2,1-2H3. The van der Waals surface area contributed by atoms with Crippen LogP contribution in [0.3, 0.4) is 0 Å². The number of hydrazine groups is 1. The third-order valence-electron chi connectivity index (χ3n) is 2.83. The molecule has 0 aliphatic heterocycles. The van der Waals surface area contributed by atoms with E-state index < -0.39 is 0 Å². The Hall–Kier alpha value is -1.79. The molecule has 18 heavy (non-hydrogen) atoms. The Kier molecular flexibility index (Phi) is 3.69. The molecule has 0 amide bonds. The van der Waals surface area contributed by atoms with Crippen LogP contribution < -0.4 is 11.3 Å². The predicted octanol–water partition coefficient (Wildman–Crippen LogP) is 1.01. The first-order chi connectivity index (χ1) is 8.61. The quantitative estimate of drug-likeness (QED) is 0.627. The van der Waals surface area contributed by atoms with Crippen molar-refractivity contribution in [3.8, 4) is 0 Å². The highest BCUT2D eigenvalue weighted by Gasteiger charge is 2.18. The van der Waals surface area contributed by atoms with Gasteiger partial charge in [0.1, 0.15) is 5.82 Å². The van der Waals surface area contributed by atoms with Crippen molar-refractivity contribution in [2.75, 3.05) is 0 Å². The molecule has 0 spiro atoms. The zero-order valence-corrected chi connectivity index (χ0v) is 10.4. The van der Waals surface area contributed by atoms with Crippen molar-refractivity contribution in [2.45, 2.75) is 19.4 Å². The van der Waals surface area contributed by atoms with E-state index >= 15 is 0 Å². The van der Waals surface area contributed by atoms with E-state index in [2.05, 4.69) is 15.5 Å². The summed E-state index contributed by atoms with van der Waals surface area (Å²) in [6.07, 6.45) is 2.08. The normalized spacial score (nSPS) is 12.7. The number of halogens is 1. The molecule has 2 aromatic rings. The van der Waals surface area contributed by atoms with Crippen molar-refractivity contribution >= 4 is 0 Å². The van der Waals surface area contributed by atoms with Gasteiger partial charge < -0.3 is 0 Å². The second-order valence-electron chi connectivity index (χ2n) is 4.19. The number of aryl methyl sites for hydroxylation is 2. The van der Waals surface area contributed by atoms with E-state index in [1.54, 1.807) is 16.9 Å². The summed E-state index contributed by atoms with van der Waals surface area (Å²) >= 11 is 0. The lowest BCUT2D eigenvalue weighted by molar-refractivity contribution is 0.483. The summed E-state index contributed by atoms with van der Waals surface area (Å²) in [7, 11) is 1.85. The Morgan fingerprint density at radius 2 is 2.33 bits per heavy atom. The van der Waals surface area contributed by atoms with Gasteiger partial charge in [-0.05, 0) is 25.1 Å². The first-order valence-corrected chi connectivity index (χ1v) is 5.68. The molecule has 0 aromatic carbocycles. The van der Waals surface area contributed by atoms with Crippen LogP contribution in [0.15, 0.2) is 24.4 Å². The van der Waals surface area contributed by atoms with Crippen molar-refractivity contribution in [1.29, 1.82) is 0 Å². The average molecular weight is 249 g/mol. The molecule has 1 unspecified atom stereocenters. The van der Waals surface area contributed by atoms with Crippen LogP contribution in [0.1, 0.15) is 23.1 Å². The summed E-state index contributed by atoms with van der Waals surface area (Å²) in [5, 5.41) is 4.25. The summed E-state index contributed by atoms with van der Waals surface area (Å²) in [6.45, 7) is 1.91. The molecule has 0 aliphatic carbocycles. The van der Waals surface area contributed by atoms with Crippen LogP contribution in [0.25, 0.3) is 0 Å². The van der Waals surface area contributed by atoms with Gasteiger partial charge >= 0.3 is 0 Å². The predicted molar refractivity (Wildman–Crippen MR) is 65.9 cm³/mol. The number of pyridine rings is 1. The highest BCUT2D eigenvalue weighted by Crippen LogP contribution is 2.18. The number of hydrogen-bond acceptors (Lipinski definition) is 4. The molecule has 2 aromatic heterocycles. The highest BCUT2D eigenvalue weighted by molar-refractivity contribution is 5.17. The lowest BCUT2D eigenvalue weighted by Gasteiger charge is -2.15. The van der Waals surface area contributed by atoms with Gasteiger partial charge in [-0.2, -0.15) is 5.10 Å². The average Bonchev–Trinajstić information content (AvgIpc) is 2.66. The zero-order valence-electron chi connectivity index (χ0n) is 10.4. The molecule has 0 bridgehead atoms. The van der Waals surface area contributed by atoms with Crippen LogP contribution in [0.4, 0.5) is 4.39 Å². The largest absolute Gasteiger partial charge is 0.272 e. The SMILES string of the molecule is Cc1cc(CC(NN)c2ncccc2F)n(C)n1. The highest BCUT2D eigenvalue weighted by atomic mass is 19.1. The van der Waals surface area contributed by atoms with Gasteiger partial charge in [-0.3, -0.25) is 20.9 Å². The Bertz CT molecular complexity index is 537. The van der Waals surface area contributed by atoms with E-state index in [9.17, 15) is 4.39 Å². The molecule has 0 aliphatic rings. The number of nitrogens with two attached hydrogens (primary N) is 1. The topological polar surface area (TPSA) is 68.8 Å². The minimum atomic E-state index is -0.374. The second kappa shape index (κ2) is 5.24. The fraction of sp³-hybridized carbons (Fsp3) is 0.333. The minimum Gasteiger partial charge on any atom is -0.272 e. The minimum absolute atomic E-state index is 0.318. The monoisotopic (exact) mass is 249 g/mol. The number of hydrogen-bond donors (Lipinski definition) is 2. The summed E-state index contributed by atoms with van der Waals surface area (Å²) in [5.41, 5.74) is 4.81. The number of aromatic nitrogens is 3. The lowest BCUT2D eigenvalue weighted by Crippen LogP contribution is -2.31. The summed E-state index contributed by atoms with van der Waals surface area (Å²) in [4.78, 5) is 4.03. The van der Waals surface area contributed by atoms with Gasteiger partial charge in [0, 0.05) is 25.4 Å². The summed E-state index contributed by atoms with van der Waals surface area (Å²) in [5.74, 6) is 5.13. The van der Waals surface area contributed by atoms with Gasteiger partial charge in [0.2, 0.25) is 0 Å². The van der Waals surface area contributed by atoms with Crippen molar-refractivity contribution in [3.63, 3.8) is 0 Å². The first-order valence-electron chi connectivity index (χ1n) is 5.68. The molecule has 5 nitrogen and oxygen atoms in total. The molecular weight excluding hydrogens is 233 g/mol. The van der Waals surface area contributed by atoms with E-state index in [0.29, 0.717) is 12.1 Å². The molecule has 0 saturated heterocycles. The van der Waals surface area contributed by atoms with E-state index in [1.807, 2.05) is 20.0 Å². The van der Waals surface area contributed by atoms with Crippen LogP contribution in [0.2, 0.25) is 0 Å².